The number of anilines is 3. The third kappa shape index (κ3) is 7.50. The van der Waals surface area contributed by atoms with Crippen LogP contribution in [0.3, 0.4) is 0 Å². The lowest BCUT2D eigenvalue weighted by Crippen LogP contribution is -2.40. The van der Waals surface area contributed by atoms with Crippen LogP contribution in [0, 0.1) is 0 Å². The van der Waals surface area contributed by atoms with E-state index in [1.807, 2.05) is 19.1 Å². The quantitative estimate of drug-likeness (QED) is 0.0762. The van der Waals surface area contributed by atoms with Crippen LogP contribution in [0.15, 0.2) is 36.5 Å². The summed E-state index contributed by atoms with van der Waals surface area (Å²) in [7, 11) is 0. The van der Waals surface area contributed by atoms with E-state index < -0.39 is 17.9 Å². The summed E-state index contributed by atoms with van der Waals surface area (Å²) in [4.78, 5) is 54.7. The number of rotatable bonds is 14. The summed E-state index contributed by atoms with van der Waals surface area (Å²) in [6.45, 7) is 2.29. The number of aliphatic carboxylic acids is 1. The number of aryl methyl sites for hydroxylation is 1. The normalized spacial score (nSPS) is 11.8. The van der Waals surface area contributed by atoms with Gasteiger partial charge in [-0.05, 0) is 48.2 Å². The smallest absolute Gasteiger partial charge is 0.326 e. The van der Waals surface area contributed by atoms with Crippen LogP contribution in [-0.2, 0) is 17.8 Å². The van der Waals surface area contributed by atoms with Gasteiger partial charge in [0.25, 0.3) is 5.91 Å². The molecule has 45 heavy (non-hydrogen) atoms. The van der Waals surface area contributed by atoms with Gasteiger partial charge in [0.1, 0.15) is 6.04 Å². The van der Waals surface area contributed by atoms with E-state index in [0.29, 0.717) is 50.9 Å². The fourth-order valence-electron chi connectivity index (χ4n) is 4.57. The lowest BCUT2D eigenvalue weighted by atomic mass is 9.96. The number of hydrogen-bond acceptors (Lipinski definition) is 14. The van der Waals surface area contributed by atoms with Gasteiger partial charge in [0.05, 0.1) is 28.3 Å². The fourth-order valence-corrected chi connectivity index (χ4v) is 5.38. The zero-order valence-corrected chi connectivity index (χ0v) is 25.0. The maximum Gasteiger partial charge on any atom is 0.326 e. The summed E-state index contributed by atoms with van der Waals surface area (Å²) in [5, 5.41) is 30.2. The first-order valence-corrected chi connectivity index (χ1v) is 14.9. The molecule has 17 heteroatoms. The van der Waals surface area contributed by atoms with Gasteiger partial charge in [0, 0.05) is 17.5 Å². The third-order valence-corrected chi connectivity index (χ3v) is 7.95. The average Bonchev–Trinajstić information content (AvgIpc) is 3.74. The molecule has 5 rings (SSSR count). The Hall–Kier alpha value is -5.58. The van der Waals surface area contributed by atoms with E-state index in [0.717, 1.165) is 23.3 Å². The molecule has 1 atom stereocenters. The van der Waals surface area contributed by atoms with Crippen LogP contribution >= 0.6 is 11.3 Å². The van der Waals surface area contributed by atoms with Gasteiger partial charge in [-0.1, -0.05) is 25.5 Å². The number of amides is 1. The van der Waals surface area contributed by atoms with Crippen LogP contribution in [0.2, 0.25) is 0 Å². The highest BCUT2D eigenvalue weighted by molar-refractivity contribution is 7.17. The van der Waals surface area contributed by atoms with Crippen LogP contribution < -0.4 is 22.1 Å². The number of nitrogens with one attached hydrogen (secondary N) is 3. The number of carboxylic acids is 1. The van der Waals surface area contributed by atoms with E-state index in [9.17, 15) is 19.5 Å². The van der Waals surface area contributed by atoms with E-state index in [1.165, 1.54) is 6.20 Å². The van der Waals surface area contributed by atoms with Crippen LogP contribution in [0.1, 0.15) is 63.9 Å². The van der Waals surface area contributed by atoms with Crippen molar-refractivity contribution in [1.82, 2.24) is 45.9 Å². The largest absolute Gasteiger partial charge is 0.480 e. The number of nitrogens with zero attached hydrogens (tertiary/aromatic N) is 7. The molecule has 0 saturated heterocycles. The molecule has 232 valence electrons. The number of nitrogen functional groups attached to an aromatic ring is 2. The van der Waals surface area contributed by atoms with Crippen molar-refractivity contribution in [2.45, 2.75) is 51.6 Å². The predicted octanol–water partition coefficient (Wildman–Crippen LogP) is 2.63. The van der Waals surface area contributed by atoms with Crippen LogP contribution in [0.4, 0.5) is 16.8 Å². The minimum Gasteiger partial charge on any atom is -0.480 e. The number of aromatic amines is 1. The number of hydrogen-bond donors (Lipinski definition) is 6. The summed E-state index contributed by atoms with van der Waals surface area (Å²) in [6, 6.07) is 7.72. The molecule has 4 aromatic heterocycles. The zero-order chi connectivity index (χ0) is 31.9. The van der Waals surface area contributed by atoms with Crippen LogP contribution in [-0.4, -0.2) is 69.4 Å². The summed E-state index contributed by atoms with van der Waals surface area (Å²) in [5.74, 6) is -1.30. The van der Waals surface area contributed by atoms with Gasteiger partial charge in [0.15, 0.2) is 22.8 Å². The maximum atomic E-state index is 13.0. The Bertz CT molecular complexity index is 1840. The fraction of sp³-hybridized carbons (Fsp3) is 0.286. The molecule has 1 amide bonds. The second-order valence-corrected chi connectivity index (χ2v) is 11.1. The predicted molar refractivity (Wildman–Crippen MR) is 166 cm³/mol. The SMILES string of the molecule is CCc1ccc(C(=O)CCCC[C@H](NC(=O)c2ccc(NCc3cnc4nc(N)nc(N)c4n3)s2)C(=O)O)c(-c2nn[nH]n2)c1. The Morgan fingerprint density at radius 1 is 1.09 bits per heavy atom. The monoisotopic (exact) mass is 630 g/mol. The van der Waals surface area contributed by atoms with E-state index in [1.54, 1.807) is 18.2 Å². The number of carbonyl (C=O) groups is 3. The minimum absolute atomic E-state index is 0.00888. The topological polar surface area (TPSA) is 254 Å². The number of thiophene rings is 1. The highest BCUT2D eigenvalue weighted by Crippen LogP contribution is 2.25. The number of tetrazole rings is 1. The second-order valence-electron chi connectivity index (χ2n) is 10.0. The summed E-state index contributed by atoms with van der Waals surface area (Å²) < 4.78 is 0. The van der Waals surface area contributed by atoms with Gasteiger partial charge >= 0.3 is 5.97 Å². The summed E-state index contributed by atoms with van der Waals surface area (Å²) in [6.07, 6.45) is 3.54. The van der Waals surface area contributed by atoms with Gasteiger partial charge in [-0.25, -0.2) is 14.8 Å². The van der Waals surface area contributed by atoms with Crippen LogP contribution in [0.25, 0.3) is 22.6 Å². The number of fused-ring (bicyclic) bond motifs is 1. The number of benzene rings is 1. The Balaban J connectivity index is 1.12. The van der Waals surface area contributed by atoms with Crippen molar-refractivity contribution in [2.75, 3.05) is 16.8 Å². The number of ketones is 1. The molecule has 4 heterocycles. The zero-order valence-electron chi connectivity index (χ0n) is 24.1. The molecule has 0 bridgehead atoms. The molecule has 5 aromatic rings. The first-order chi connectivity index (χ1) is 21.7. The number of carbonyl (C=O) groups excluding carboxylic acids is 2. The number of nitrogens with two attached hydrogens (primary N) is 2. The molecular weight excluding hydrogens is 600 g/mol. The highest BCUT2D eigenvalue weighted by Gasteiger charge is 2.22. The Labute approximate surface area is 260 Å². The Morgan fingerprint density at radius 2 is 1.93 bits per heavy atom. The molecule has 0 unspecified atom stereocenters. The number of unbranched alkanes of at least 4 members (excludes halogenated alkanes) is 1. The van der Waals surface area contributed by atoms with Crippen molar-refractivity contribution < 1.29 is 19.5 Å². The molecule has 0 spiro atoms. The molecule has 8 N–H and O–H groups in total. The second kappa shape index (κ2) is 13.8. The molecule has 0 saturated carbocycles. The molecule has 0 fully saturated rings. The summed E-state index contributed by atoms with van der Waals surface area (Å²) >= 11 is 1.16. The van der Waals surface area contributed by atoms with Gasteiger partial charge in [-0.3, -0.25) is 9.59 Å². The average molecular weight is 631 g/mol. The van der Waals surface area contributed by atoms with Crippen molar-refractivity contribution in [2.24, 2.45) is 0 Å². The highest BCUT2D eigenvalue weighted by atomic mass is 32.1. The van der Waals surface area contributed by atoms with Crippen molar-refractivity contribution in [3.05, 3.63) is 58.2 Å². The molecule has 0 aliphatic heterocycles. The third-order valence-electron chi connectivity index (χ3n) is 6.90. The molecule has 1 aromatic carbocycles. The Kier molecular flexibility index (Phi) is 9.47. The molecule has 0 radical (unpaired) electrons. The molecular formula is C28H30N12O4S. The number of H-pyrrole nitrogens is 1. The lowest BCUT2D eigenvalue weighted by molar-refractivity contribution is -0.139. The number of Topliss-reactive ketones (excluding diaryl/α,β-unsaturated/α-hetero) is 1. The molecule has 16 nitrogen and oxygen atoms in total. The van der Waals surface area contributed by atoms with Crippen molar-refractivity contribution in [1.29, 1.82) is 0 Å². The van der Waals surface area contributed by atoms with Gasteiger partial charge in [-0.2, -0.15) is 15.2 Å². The molecule has 0 aliphatic carbocycles. The van der Waals surface area contributed by atoms with E-state index in [-0.39, 0.29) is 42.6 Å². The van der Waals surface area contributed by atoms with E-state index in [2.05, 4.69) is 51.2 Å². The van der Waals surface area contributed by atoms with E-state index in [4.69, 9.17) is 11.5 Å². The Morgan fingerprint density at radius 3 is 2.69 bits per heavy atom. The first-order valence-electron chi connectivity index (χ1n) is 14.0. The maximum absolute atomic E-state index is 13.0. The van der Waals surface area contributed by atoms with Crippen molar-refractivity contribution >= 4 is 56.9 Å². The van der Waals surface area contributed by atoms with Gasteiger partial charge < -0.3 is 27.2 Å². The minimum atomic E-state index is -1.15. The standard InChI is InChI=1S/C28H30N12O4S/c1-2-14-7-8-16(17(11-14)24-37-39-40-38-24)19(41)6-4-3-5-18(27(43)44)34-26(42)20-9-10-21(45-20)31-12-15-13-32-25-22(33-15)23(29)35-28(30)36-25/h7-11,13,18,31H,2-6,12H2,1H3,(H,34,42)(H,43,44)(H,37,38,39,40)(H4,29,30,32,35,36)/t18-/m0/s1. The van der Waals surface area contributed by atoms with Crippen molar-refractivity contribution in [3.63, 3.8) is 0 Å². The summed E-state index contributed by atoms with van der Waals surface area (Å²) in [5.41, 5.74) is 14.8. The van der Waals surface area contributed by atoms with Gasteiger partial charge in [0.2, 0.25) is 11.8 Å². The van der Waals surface area contributed by atoms with Crippen LogP contribution in [0.5, 0.6) is 0 Å². The number of aromatic nitrogens is 8. The van der Waals surface area contributed by atoms with Crippen molar-refractivity contribution in [3.8, 4) is 11.4 Å². The first kappa shape index (κ1) is 30.9. The number of carboxylic acid groups (broad SMARTS) is 1. The van der Waals surface area contributed by atoms with E-state index >= 15 is 0 Å². The lowest BCUT2D eigenvalue weighted by Gasteiger charge is -2.14. The van der Waals surface area contributed by atoms with Gasteiger partial charge in [-0.15, -0.1) is 21.5 Å². The molecule has 0 aliphatic rings.